The van der Waals surface area contributed by atoms with Gasteiger partial charge >= 0.3 is 5.97 Å². The molecular formula is C11H16N4O3. The number of rotatable bonds is 6. The molecule has 1 rings (SSSR count). The molecule has 7 nitrogen and oxygen atoms in total. The van der Waals surface area contributed by atoms with Gasteiger partial charge in [-0.1, -0.05) is 0 Å². The highest BCUT2D eigenvalue weighted by Crippen LogP contribution is 1.92. The molecule has 0 bridgehead atoms. The van der Waals surface area contributed by atoms with Crippen LogP contribution in [0.5, 0.6) is 0 Å². The fourth-order valence-electron chi connectivity index (χ4n) is 1.35. The van der Waals surface area contributed by atoms with E-state index in [-0.39, 0.29) is 12.5 Å². The number of esters is 1. The van der Waals surface area contributed by atoms with Crippen LogP contribution >= 0.6 is 0 Å². The largest absolute Gasteiger partial charge is 0.467 e. The summed E-state index contributed by atoms with van der Waals surface area (Å²) in [5.74, 6) is -0.769. The monoisotopic (exact) mass is 252 g/mol. The maximum atomic E-state index is 11.4. The summed E-state index contributed by atoms with van der Waals surface area (Å²) in [7, 11) is 1.28. The van der Waals surface area contributed by atoms with E-state index in [0.717, 1.165) is 5.69 Å². The highest BCUT2D eigenvalue weighted by Gasteiger charge is 2.19. The third kappa shape index (κ3) is 4.88. The fraction of sp³-hybridized carbons (Fsp3) is 0.455. The summed E-state index contributed by atoms with van der Waals surface area (Å²) >= 11 is 0. The normalized spacial score (nSPS) is 11.7. The molecule has 1 amide bonds. The topological polar surface area (TPSA) is 93.2 Å². The van der Waals surface area contributed by atoms with Crippen molar-refractivity contribution in [1.29, 1.82) is 0 Å². The van der Waals surface area contributed by atoms with E-state index in [1.807, 2.05) is 0 Å². The smallest absolute Gasteiger partial charge is 0.329 e. The van der Waals surface area contributed by atoms with Crippen LogP contribution in [0.2, 0.25) is 0 Å². The molecule has 1 atom stereocenters. The molecule has 1 unspecified atom stereocenters. The number of hydrogen-bond donors (Lipinski definition) is 2. The zero-order chi connectivity index (χ0) is 13.4. The van der Waals surface area contributed by atoms with Gasteiger partial charge in [-0.3, -0.25) is 4.79 Å². The van der Waals surface area contributed by atoms with Gasteiger partial charge in [0.25, 0.3) is 0 Å². The molecule has 0 aliphatic heterocycles. The summed E-state index contributed by atoms with van der Waals surface area (Å²) in [4.78, 5) is 30.2. The molecule has 0 aliphatic carbocycles. The molecule has 18 heavy (non-hydrogen) atoms. The molecule has 0 aliphatic rings. The maximum absolute atomic E-state index is 11.4. The van der Waals surface area contributed by atoms with Gasteiger partial charge in [0.1, 0.15) is 12.4 Å². The van der Waals surface area contributed by atoms with Crippen LogP contribution in [0.3, 0.4) is 0 Å². The van der Waals surface area contributed by atoms with Gasteiger partial charge in [-0.15, -0.1) is 0 Å². The Morgan fingerprint density at radius 2 is 2.28 bits per heavy atom. The zero-order valence-electron chi connectivity index (χ0n) is 10.3. The molecule has 0 fully saturated rings. The van der Waals surface area contributed by atoms with E-state index in [1.165, 1.54) is 20.4 Å². The summed E-state index contributed by atoms with van der Waals surface area (Å²) in [6.45, 7) is 2.10. The molecule has 1 aromatic heterocycles. The summed E-state index contributed by atoms with van der Waals surface area (Å²) in [6.07, 6.45) is 3.08. The van der Waals surface area contributed by atoms with Crippen LogP contribution < -0.4 is 10.6 Å². The fourth-order valence-corrected chi connectivity index (χ4v) is 1.35. The number of carbonyl (C=O) groups is 2. The Morgan fingerprint density at radius 3 is 2.83 bits per heavy atom. The van der Waals surface area contributed by atoms with Crippen LogP contribution in [0.15, 0.2) is 18.6 Å². The number of nitrogens with one attached hydrogen (secondary N) is 2. The third-order valence-electron chi connectivity index (χ3n) is 2.16. The Kier molecular flexibility index (Phi) is 5.72. The number of hydrogen-bond acceptors (Lipinski definition) is 6. The predicted molar refractivity (Wildman–Crippen MR) is 63.4 cm³/mol. The number of carbonyl (C=O) groups excluding carboxylic acids is 2. The Hall–Kier alpha value is -2.02. The van der Waals surface area contributed by atoms with Crippen molar-refractivity contribution in [3.05, 3.63) is 24.3 Å². The van der Waals surface area contributed by atoms with Crippen LogP contribution in [0.1, 0.15) is 12.6 Å². The Balaban J connectivity index is 2.42. The van der Waals surface area contributed by atoms with Crippen molar-refractivity contribution in [3.63, 3.8) is 0 Å². The zero-order valence-corrected chi connectivity index (χ0v) is 10.3. The van der Waals surface area contributed by atoms with Crippen molar-refractivity contribution in [1.82, 2.24) is 20.6 Å². The second kappa shape index (κ2) is 7.33. The average Bonchev–Trinajstić information content (AvgIpc) is 2.37. The lowest BCUT2D eigenvalue weighted by Crippen LogP contribution is -2.47. The van der Waals surface area contributed by atoms with Crippen LogP contribution in [0, 0.1) is 0 Å². The van der Waals surface area contributed by atoms with Gasteiger partial charge in [-0.2, -0.15) is 0 Å². The molecule has 2 N–H and O–H groups in total. The maximum Gasteiger partial charge on any atom is 0.329 e. The molecule has 0 spiro atoms. The molecular weight excluding hydrogens is 236 g/mol. The highest BCUT2D eigenvalue weighted by atomic mass is 16.5. The molecule has 1 heterocycles. The number of aromatic nitrogens is 2. The summed E-state index contributed by atoms with van der Waals surface area (Å²) in [6, 6.07) is 1.06. The van der Waals surface area contributed by atoms with E-state index in [9.17, 15) is 9.59 Å². The van der Waals surface area contributed by atoms with Crippen molar-refractivity contribution in [2.75, 3.05) is 13.7 Å². The van der Waals surface area contributed by atoms with Gasteiger partial charge in [0, 0.05) is 26.2 Å². The van der Waals surface area contributed by atoms with Crippen LogP contribution in [-0.4, -0.2) is 41.5 Å². The second-order valence-corrected chi connectivity index (χ2v) is 3.61. The first-order valence-corrected chi connectivity index (χ1v) is 5.44. The van der Waals surface area contributed by atoms with Gasteiger partial charge < -0.3 is 15.4 Å². The molecule has 0 radical (unpaired) electrons. The van der Waals surface area contributed by atoms with Gasteiger partial charge in [-0.05, 0) is 6.07 Å². The molecule has 98 valence electrons. The van der Waals surface area contributed by atoms with Crippen molar-refractivity contribution in [2.45, 2.75) is 19.5 Å². The first-order chi connectivity index (χ1) is 8.63. The lowest BCUT2D eigenvalue weighted by Gasteiger charge is -2.15. The van der Waals surface area contributed by atoms with Gasteiger partial charge in [0.2, 0.25) is 5.91 Å². The Morgan fingerprint density at radius 1 is 1.50 bits per heavy atom. The lowest BCUT2D eigenvalue weighted by atomic mass is 10.3. The lowest BCUT2D eigenvalue weighted by molar-refractivity contribution is -0.144. The number of ether oxygens (including phenoxy) is 1. The molecule has 7 heteroatoms. The Bertz CT molecular complexity index is 397. The average molecular weight is 252 g/mol. The standard InChI is InChI=1S/C11H16N4O3/c1-8(16)15-10(11(17)18-2)6-13-5-9-3-4-12-7-14-9/h3-4,7,10,13H,5-6H2,1-2H3,(H,15,16). The third-order valence-corrected chi connectivity index (χ3v) is 2.16. The second-order valence-electron chi connectivity index (χ2n) is 3.61. The van der Waals surface area contributed by atoms with E-state index in [4.69, 9.17) is 0 Å². The van der Waals surface area contributed by atoms with Gasteiger partial charge in [-0.25, -0.2) is 14.8 Å². The first-order valence-electron chi connectivity index (χ1n) is 5.44. The van der Waals surface area contributed by atoms with Crippen LogP contribution in [-0.2, 0) is 20.9 Å². The summed E-state index contributed by atoms with van der Waals surface area (Å²) in [5.41, 5.74) is 0.802. The minimum Gasteiger partial charge on any atom is -0.467 e. The van der Waals surface area contributed by atoms with E-state index in [2.05, 4.69) is 25.3 Å². The number of methoxy groups -OCH3 is 1. The van der Waals surface area contributed by atoms with E-state index >= 15 is 0 Å². The van der Waals surface area contributed by atoms with Crippen molar-refractivity contribution >= 4 is 11.9 Å². The number of nitrogens with zero attached hydrogens (tertiary/aromatic N) is 2. The van der Waals surface area contributed by atoms with E-state index in [0.29, 0.717) is 6.54 Å². The first kappa shape index (κ1) is 14.0. The minimum absolute atomic E-state index is 0.274. The molecule has 0 aromatic carbocycles. The van der Waals surface area contributed by atoms with Gasteiger partial charge in [0.15, 0.2) is 0 Å². The Labute approximate surface area is 105 Å². The quantitative estimate of drug-likeness (QED) is 0.647. The van der Waals surface area contributed by atoms with Crippen molar-refractivity contribution < 1.29 is 14.3 Å². The van der Waals surface area contributed by atoms with E-state index in [1.54, 1.807) is 12.3 Å². The predicted octanol–water partition coefficient (Wildman–Crippen LogP) is -0.756. The summed E-state index contributed by atoms with van der Waals surface area (Å²) < 4.78 is 4.60. The van der Waals surface area contributed by atoms with Crippen LogP contribution in [0.4, 0.5) is 0 Å². The van der Waals surface area contributed by atoms with Crippen molar-refractivity contribution in [3.8, 4) is 0 Å². The number of amides is 1. The highest BCUT2D eigenvalue weighted by molar-refractivity contribution is 5.83. The molecule has 0 saturated heterocycles. The summed E-state index contributed by atoms with van der Waals surface area (Å²) in [5, 5.41) is 5.52. The SMILES string of the molecule is COC(=O)C(CNCc1ccncn1)NC(C)=O. The molecule has 0 saturated carbocycles. The van der Waals surface area contributed by atoms with Crippen LogP contribution in [0.25, 0.3) is 0 Å². The molecule has 1 aromatic rings. The van der Waals surface area contributed by atoms with E-state index < -0.39 is 12.0 Å². The minimum atomic E-state index is -0.700. The van der Waals surface area contributed by atoms with Crippen molar-refractivity contribution in [2.24, 2.45) is 0 Å². The van der Waals surface area contributed by atoms with Gasteiger partial charge in [0.05, 0.1) is 12.8 Å².